The van der Waals surface area contributed by atoms with Gasteiger partial charge in [0.05, 0.1) is 0 Å². The van der Waals surface area contributed by atoms with E-state index in [0.717, 1.165) is 0 Å². The molecule has 0 fully saturated rings. The van der Waals surface area contributed by atoms with Crippen LogP contribution in [0.1, 0.15) is 0 Å². The molecule has 8 nitrogen and oxygen atoms in total. The normalized spacial score (nSPS) is 12.6. The molecule has 0 radical (unpaired) electrons. The van der Waals surface area contributed by atoms with E-state index in [1.54, 1.807) is 48.5 Å². The largest absolute Gasteiger partial charge is 0.631 e. The number of para-hydroxylation sites is 2. The fraction of sp³-hybridized carbons (Fsp3) is 0. The van der Waals surface area contributed by atoms with Gasteiger partial charge in [0.15, 0.2) is 5.75 Å². The zero-order valence-electron chi connectivity index (χ0n) is 10.6. The van der Waals surface area contributed by atoms with Crippen molar-refractivity contribution >= 4 is 7.82 Å². The van der Waals surface area contributed by atoms with E-state index in [1.807, 2.05) is 0 Å². The Labute approximate surface area is 120 Å². The van der Waals surface area contributed by atoms with E-state index < -0.39 is 7.82 Å². The van der Waals surface area contributed by atoms with Crippen molar-refractivity contribution in [2.45, 2.75) is 0 Å². The third kappa shape index (κ3) is 4.74. The number of nitrogens with zero attached hydrogens (tertiary/aromatic N) is 3. The lowest BCUT2D eigenvalue weighted by atomic mass is 10.3. The van der Waals surface area contributed by atoms with Crippen molar-refractivity contribution in [1.82, 2.24) is 0 Å². The summed E-state index contributed by atoms with van der Waals surface area (Å²) >= 11 is 0. The first-order valence-electron chi connectivity index (χ1n) is 5.71. The lowest BCUT2D eigenvalue weighted by Gasteiger charge is -2.14. The second-order valence-electron chi connectivity index (χ2n) is 3.58. The van der Waals surface area contributed by atoms with Crippen molar-refractivity contribution in [3.8, 4) is 11.5 Å². The monoisotopic (exact) mass is 307 g/mol. The summed E-state index contributed by atoms with van der Waals surface area (Å²) in [6.45, 7) is 0. The summed E-state index contributed by atoms with van der Waals surface area (Å²) in [5, 5.41) is 2.74. The molecule has 9 heteroatoms. The Morgan fingerprint density at radius 3 is 2.10 bits per heavy atom. The Morgan fingerprint density at radius 1 is 0.952 bits per heavy atom. The minimum Gasteiger partial charge on any atom is -0.393 e. The van der Waals surface area contributed by atoms with Gasteiger partial charge in [-0.2, -0.15) is 0 Å². The topological polar surface area (TPSA) is 103 Å². The zero-order valence-corrected chi connectivity index (χ0v) is 11.5. The van der Waals surface area contributed by atoms with Gasteiger partial charge in [-0.25, -0.2) is 4.57 Å². The van der Waals surface area contributed by atoms with E-state index in [2.05, 4.69) is 19.5 Å². The van der Waals surface area contributed by atoms with Crippen molar-refractivity contribution in [1.29, 1.82) is 0 Å². The van der Waals surface area contributed by atoms with Crippen LogP contribution in [0.25, 0.3) is 10.4 Å². The fourth-order valence-corrected chi connectivity index (χ4v) is 2.05. The van der Waals surface area contributed by atoms with Crippen LogP contribution in [0.4, 0.5) is 0 Å². The summed E-state index contributed by atoms with van der Waals surface area (Å²) in [5.74, 6) is 0.476. The molecule has 0 saturated heterocycles. The maximum atomic E-state index is 12.3. The highest BCUT2D eigenvalue weighted by molar-refractivity contribution is 7.48. The minimum atomic E-state index is -4.27. The number of hydrogen-bond donors (Lipinski definition) is 0. The molecule has 2 aromatic carbocycles. The van der Waals surface area contributed by atoms with E-state index in [0.29, 0.717) is 0 Å². The van der Waals surface area contributed by atoms with Crippen LogP contribution in [0, 0.1) is 0 Å². The van der Waals surface area contributed by atoms with Gasteiger partial charge in [-0.1, -0.05) is 41.1 Å². The van der Waals surface area contributed by atoms with Crippen LogP contribution in [0.5, 0.6) is 11.5 Å². The van der Waals surface area contributed by atoms with E-state index >= 15 is 0 Å². The molecule has 0 bridgehead atoms. The average Bonchev–Trinajstić information content (AvgIpc) is 2.53. The van der Waals surface area contributed by atoms with Crippen LogP contribution < -0.4 is 9.41 Å². The van der Waals surface area contributed by atoms with Gasteiger partial charge in [0.25, 0.3) is 0 Å². The third-order valence-corrected chi connectivity index (χ3v) is 3.07. The van der Waals surface area contributed by atoms with E-state index in [1.165, 1.54) is 12.1 Å². The second kappa shape index (κ2) is 7.21. The van der Waals surface area contributed by atoms with Crippen LogP contribution >= 0.6 is 7.82 Å². The number of phosphoric acid groups is 1. The van der Waals surface area contributed by atoms with Gasteiger partial charge in [-0.3, -0.25) is 0 Å². The van der Waals surface area contributed by atoms with E-state index in [4.69, 9.17) is 14.9 Å². The Bertz CT molecular complexity index is 661. The summed E-state index contributed by atoms with van der Waals surface area (Å²) in [4.78, 5) is 7.18. The van der Waals surface area contributed by atoms with Crippen LogP contribution in [0.15, 0.2) is 65.9 Å². The van der Waals surface area contributed by atoms with E-state index in [9.17, 15) is 4.57 Å². The highest BCUT2D eigenvalue weighted by atomic mass is 31.2. The summed E-state index contributed by atoms with van der Waals surface area (Å²) in [5.41, 5.74) is 8.24. The first-order chi connectivity index (χ1) is 10.2. The second-order valence-corrected chi connectivity index (χ2v) is 4.96. The summed E-state index contributed by atoms with van der Waals surface area (Å²) in [7, 11) is -4.27. The number of hydrogen-bond acceptors (Lipinski definition) is 6. The van der Waals surface area contributed by atoms with Gasteiger partial charge in [0.1, 0.15) is 11.0 Å². The lowest BCUT2D eigenvalue weighted by molar-refractivity contribution is -0.125. The molecule has 21 heavy (non-hydrogen) atoms. The van der Waals surface area contributed by atoms with Gasteiger partial charge < -0.3 is 14.0 Å². The lowest BCUT2D eigenvalue weighted by Crippen LogP contribution is -2.03. The highest BCUT2D eigenvalue weighted by Crippen LogP contribution is 2.50. The number of rotatable bonds is 7. The van der Waals surface area contributed by atoms with Crippen molar-refractivity contribution in [3.63, 3.8) is 0 Å². The molecular formula is C12H10N3O5P. The SMILES string of the molecule is [N-]=[N+]=NOP(=O)(OOc1ccccc1)Oc1ccccc1. The van der Waals surface area contributed by atoms with Crippen LogP contribution in [-0.2, 0) is 13.9 Å². The maximum absolute atomic E-state index is 12.3. The standard InChI is InChI=1S/C12H10N3O5P/c13-14-15-19-21(16,18-12-9-5-2-6-10-12)20-17-11-7-3-1-4-8-11/h1-10H. The quantitative estimate of drug-likeness (QED) is 0.188. The van der Waals surface area contributed by atoms with Gasteiger partial charge in [0, 0.05) is 4.91 Å². The highest BCUT2D eigenvalue weighted by Gasteiger charge is 2.33. The Morgan fingerprint density at radius 2 is 1.52 bits per heavy atom. The van der Waals surface area contributed by atoms with Crippen molar-refractivity contribution in [2.75, 3.05) is 0 Å². The Hall–Kier alpha value is -2.66. The average molecular weight is 307 g/mol. The Balaban J connectivity index is 2.09. The minimum absolute atomic E-state index is 0.200. The molecule has 0 heterocycles. The van der Waals surface area contributed by atoms with Gasteiger partial charge in [-0.15, -0.1) is 0 Å². The first-order valence-corrected chi connectivity index (χ1v) is 7.17. The summed E-state index contributed by atoms with van der Waals surface area (Å²) < 4.78 is 26.4. The molecule has 0 aliphatic carbocycles. The van der Waals surface area contributed by atoms with Crippen LogP contribution in [-0.4, -0.2) is 0 Å². The zero-order chi connectivity index (χ0) is 15.0. The van der Waals surface area contributed by atoms with Gasteiger partial charge >= 0.3 is 7.82 Å². The summed E-state index contributed by atoms with van der Waals surface area (Å²) in [6, 6.07) is 16.4. The van der Waals surface area contributed by atoms with Crippen molar-refractivity contribution in [3.05, 3.63) is 71.1 Å². The van der Waals surface area contributed by atoms with Gasteiger partial charge in [0.2, 0.25) is 0 Å². The molecule has 0 aliphatic heterocycles. The smallest absolute Gasteiger partial charge is 0.393 e. The van der Waals surface area contributed by atoms with Crippen LogP contribution in [0.3, 0.4) is 0 Å². The molecule has 1 unspecified atom stereocenters. The molecule has 0 aromatic heterocycles. The molecule has 0 aliphatic rings. The van der Waals surface area contributed by atoms with E-state index in [-0.39, 0.29) is 11.5 Å². The van der Waals surface area contributed by atoms with Crippen molar-refractivity contribution < 1.29 is 23.3 Å². The number of azide groups is 1. The molecule has 1 atom stereocenters. The van der Waals surface area contributed by atoms with Crippen LogP contribution in [0.2, 0.25) is 0 Å². The molecule has 2 aromatic rings. The van der Waals surface area contributed by atoms with Crippen molar-refractivity contribution in [2.24, 2.45) is 5.28 Å². The molecule has 0 saturated carbocycles. The summed E-state index contributed by atoms with van der Waals surface area (Å²) in [6.07, 6.45) is 0. The fourth-order valence-electron chi connectivity index (χ4n) is 1.28. The maximum Gasteiger partial charge on any atom is 0.631 e. The Kier molecular flexibility index (Phi) is 5.06. The number of benzene rings is 2. The molecule has 0 N–H and O–H groups in total. The molecule has 0 spiro atoms. The predicted octanol–water partition coefficient (Wildman–Crippen LogP) is 4.43. The molecule has 108 valence electrons. The molecule has 0 amide bonds. The van der Waals surface area contributed by atoms with Gasteiger partial charge in [-0.05, 0) is 29.8 Å². The first kappa shape index (κ1) is 14.7. The molecular weight excluding hydrogens is 297 g/mol. The third-order valence-electron chi connectivity index (χ3n) is 2.10. The predicted molar refractivity (Wildman–Crippen MR) is 73.1 cm³/mol. The molecule has 2 rings (SSSR count).